The van der Waals surface area contributed by atoms with Crippen LogP contribution in [-0.2, 0) is 0 Å². The van der Waals surface area contributed by atoms with Gasteiger partial charge in [-0.15, -0.1) is 0 Å². The van der Waals surface area contributed by atoms with Gasteiger partial charge in [0, 0.05) is 30.3 Å². The number of nitrogens with one attached hydrogen (secondary N) is 1. The molecule has 0 amide bonds. The molecule has 1 aromatic carbocycles. The smallest absolute Gasteiger partial charge is 0.342 e. The zero-order chi connectivity index (χ0) is 15.4. The molecule has 7 nitrogen and oxygen atoms in total. The molecule has 0 heterocycles. The lowest BCUT2D eigenvalue weighted by atomic mass is 9.85. The van der Waals surface area contributed by atoms with Crippen LogP contribution in [0.3, 0.4) is 0 Å². The van der Waals surface area contributed by atoms with Crippen LogP contribution in [0.2, 0.25) is 0 Å². The number of carboxylic acid groups (broad SMARTS) is 1. The van der Waals surface area contributed by atoms with Crippen molar-refractivity contribution in [2.75, 3.05) is 11.9 Å². The Morgan fingerprint density at radius 3 is 2.71 bits per heavy atom. The highest BCUT2D eigenvalue weighted by atomic mass is 16.6. The molecule has 1 saturated carbocycles. The standard InChI is InChI=1S/C14H18N2O5/c17-8-9-3-1-2-4-12(9)15-10-5-6-13(16(20)21)11(7-10)14(18)19/h5-7,9,12,15,17H,1-4,8H2,(H,18,19). The predicted molar refractivity (Wildman–Crippen MR) is 76.5 cm³/mol. The Bertz CT molecular complexity index is 546. The fourth-order valence-corrected chi connectivity index (χ4v) is 2.79. The van der Waals surface area contributed by atoms with E-state index in [4.69, 9.17) is 5.11 Å². The summed E-state index contributed by atoms with van der Waals surface area (Å²) < 4.78 is 0. The van der Waals surface area contributed by atoms with Crippen LogP contribution in [-0.4, -0.2) is 33.8 Å². The fourth-order valence-electron chi connectivity index (χ4n) is 2.79. The maximum Gasteiger partial charge on any atom is 0.342 e. The number of anilines is 1. The van der Waals surface area contributed by atoms with Gasteiger partial charge in [-0.1, -0.05) is 12.8 Å². The lowest BCUT2D eigenvalue weighted by Crippen LogP contribution is -2.34. The minimum absolute atomic E-state index is 0.0619. The maximum absolute atomic E-state index is 11.1. The number of nitrogens with zero attached hydrogens (tertiary/aromatic N) is 1. The first-order valence-electron chi connectivity index (χ1n) is 6.92. The topological polar surface area (TPSA) is 113 Å². The summed E-state index contributed by atoms with van der Waals surface area (Å²) in [4.78, 5) is 21.2. The molecule has 0 bridgehead atoms. The number of aliphatic hydroxyl groups is 1. The van der Waals surface area contributed by atoms with Crippen LogP contribution in [0.1, 0.15) is 36.0 Å². The van der Waals surface area contributed by atoms with E-state index in [9.17, 15) is 20.0 Å². The monoisotopic (exact) mass is 294 g/mol. The van der Waals surface area contributed by atoms with Crippen molar-refractivity contribution in [3.05, 3.63) is 33.9 Å². The number of benzene rings is 1. The van der Waals surface area contributed by atoms with E-state index >= 15 is 0 Å². The number of carboxylic acids is 1. The lowest BCUT2D eigenvalue weighted by Gasteiger charge is -2.31. The summed E-state index contributed by atoms with van der Waals surface area (Å²) in [5.74, 6) is -1.20. The van der Waals surface area contributed by atoms with E-state index in [-0.39, 0.29) is 24.1 Å². The van der Waals surface area contributed by atoms with E-state index in [0.29, 0.717) is 5.69 Å². The van der Waals surface area contributed by atoms with Crippen LogP contribution in [0, 0.1) is 16.0 Å². The lowest BCUT2D eigenvalue weighted by molar-refractivity contribution is -0.385. The fraction of sp³-hybridized carbons (Fsp3) is 0.500. The van der Waals surface area contributed by atoms with Crippen LogP contribution in [0.15, 0.2) is 18.2 Å². The third-order valence-electron chi connectivity index (χ3n) is 3.92. The highest BCUT2D eigenvalue weighted by Gasteiger charge is 2.26. The number of hydrogen-bond acceptors (Lipinski definition) is 5. The second-order valence-electron chi connectivity index (χ2n) is 5.27. The number of nitro groups is 1. The predicted octanol–water partition coefficient (Wildman–Crippen LogP) is 2.26. The van der Waals surface area contributed by atoms with Gasteiger partial charge in [0.2, 0.25) is 0 Å². The number of carbonyl (C=O) groups is 1. The van der Waals surface area contributed by atoms with E-state index in [1.54, 1.807) is 0 Å². The Morgan fingerprint density at radius 1 is 1.38 bits per heavy atom. The van der Waals surface area contributed by atoms with Gasteiger partial charge in [-0.3, -0.25) is 10.1 Å². The van der Waals surface area contributed by atoms with Gasteiger partial charge >= 0.3 is 5.97 Å². The van der Waals surface area contributed by atoms with Crippen molar-refractivity contribution in [3.63, 3.8) is 0 Å². The second-order valence-corrected chi connectivity index (χ2v) is 5.27. The Balaban J connectivity index is 2.22. The molecule has 21 heavy (non-hydrogen) atoms. The SMILES string of the molecule is O=C(O)c1cc(NC2CCCCC2CO)ccc1[N+](=O)[O-]. The molecule has 0 aliphatic heterocycles. The molecule has 0 spiro atoms. The first kappa shape index (κ1) is 15.2. The highest BCUT2D eigenvalue weighted by Crippen LogP contribution is 2.29. The average Bonchev–Trinajstić information content (AvgIpc) is 2.47. The summed E-state index contributed by atoms with van der Waals surface area (Å²) in [7, 11) is 0. The van der Waals surface area contributed by atoms with Gasteiger partial charge in [0.15, 0.2) is 0 Å². The second kappa shape index (κ2) is 6.53. The Hall–Kier alpha value is -2.15. The first-order valence-corrected chi connectivity index (χ1v) is 6.92. The number of rotatable bonds is 5. The Kier molecular flexibility index (Phi) is 4.74. The van der Waals surface area contributed by atoms with Gasteiger partial charge in [0.05, 0.1) is 4.92 Å². The molecule has 1 fully saturated rings. The van der Waals surface area contributed by atoms with Crippen molar-refractivity contribution >= 4 is 17.3 Å². The molecule has 2 atom stereocenters. The van der Waals surface area contributed by atoms with Gasteiger partial charge in [-0.05, 0) is 25.0 Å². The minimum atomic E-state index is -1.33. The molecular formula is C14H18N2O5. The quantitative estimate of drug-likeness (QED) is 0.567. The Morgan fingerprint density at radius 2 is 2.10 bits per heavy atom. The van der Waals surface area contributed by atoms with Crippen molar-refractivity contribution in [1.82, 2.24) is 0 Å². The van der Waals surface area contributed by atoms with Crippen LogP contribution < -0.4 is 5.32 Å². The third-order valence-corrected chi connectivity index (χ3v) is 3.92. The number of aromatic carboxylic acids is 1. The molecule has 1 aliphatic carbocycles. The number of nitro benzene ring substituents is 1. The van der Waals surface area contributed by atoms with Crippen LogP contribution >= 0.6 is 0 Å². The molecule has 7 heteroatoms. The first-order chi connectivity index (χ1) is 10.0. The van der Waals surface area contributed by atoms with Crippen molar-refractivity contribution < 1.29 is 19.9 Å². The zero-order valence-electron chi connectivity index (χ0n) is 11.5. The normalized spacial score (nSPS) is 21.8. The van der Waals surface area contributed by atoms with E-state index in [2.05, 4.69) is 5.32 Å². The molecule has 0 aromatic heterocycles. The summed E-state index contributed by atoms with van der Waals surface area (Å²) in [6.45, 7) is 0.0798. The van der Waals surface area contributed by atoms with Gasteiger partial charge < -0.3 is 15.5 Å². The van der Waals surface area contributed by atoms with Gasteiger partial charge in [0.1, 0.15) is 5.56 Å². The van der Waals surface area contributed by atoms with Gasteiger partial charge in [-0.25, -0.2) is 4.79 Å². The minimum Gasteiger partial charge on any atom is -0.477 e. The highest BCUT2D eigenvalue weighted by molar-refractivity contribution is 5.93. The summed E-state index contributed by atoms with van der Waals surface area (Å²) in [6.07, 6.45) is 3.94. The Labute approximate surface area is 121 Å². The van der Waals surface area contributed by atoms with E-state index in [1.165, 1.54) is 18.2 Å². The summed E-state index contributed by atoms with van der Waals surface area (Å²) in [6, 6.07) is 4.05. The van der Waals surface area contributed by atoms with E-state index < -0.39 is 16.6 Å². The summed E-state index contributed by atoms with van der Waals surface area (Å²) in [5.41, 5.74) is -0.222. The summed E-state index contributed by atoms with van der Waals surface area (Å²) in [5, 5.41) is 32.5. The van der Waals surface area contributed by atoms with E-state index in [1.807, 2.05) is 0 Å². The maximum atomic E-state index is 11.1. The third kappa shape index (κ3) is 3.49. The molecule has 2 unspecified atom stereocenters. The van der Waals surface area contributed by atoms with Crippen LogP contribution in [0.25, 0.3) is 0 Å². The zero-order valence-corrected chi connectivity index (χ0v) is 11.5. The number of aliphatic hydroxyl groups excluding tert-OH is 1. The van der Waals surface area contributed by atoms with E-state index in [0.717, 1.165) is 25.7 Å². The van der Waals surface area contributed by atoms with Crippen LogP contribution in [0.5, 0.6) is 0 Å². The van der Waals surface area contributed by atoms with Gasteiger partial charge in [0.25, 0.3) is 5.69 Å². The molecule has 0 saturated heterocycles. The van der Waals surface area contributed by atoms with Crippen molar-refractivity contribution in [3.8, 4) is 0 Å². The molecule has 2 rings (SSSR count). The summed E-state index contributed by atoms with van der Waals surface area (Å²) >= 11 is 0. The van der Waals surface area contributed by atoms with Crippen molar-refractivity contribution in [2.24, 2.45) is 5.92 Å². The molecule has 1 aliphatic rings. The molecular weight excluding hydrogens is 276 g/mol. The molecule has 1 aromatic rings. The largest absolute Gasteiger partial charge is 0.477 e. The van der Waals surface area contributed by atoms with Crippen molar-refractivity contribution in [1.29, 1.82) is 0 Å². The van der Waals surface area contributed by atoms with Crippen LogP contribution in [0.4, 0.5) is 11.4 Å². The van der Waals surface area contributed by atoms with Gasteiger partial charge in [-0.2, -0.15) is 0 Å². The van der Waals surface area contributed by atoms with Crippen molar-refractivity contribution in [2.45, 2.75) is 31.7 Å². The number of hydrogen-bond donors (Lipinski definition) is 3. The molecule has 114 valence electrons. The average molecular weight is 294 g/mol. The molecule has 3 N–H and O–H groups in total. The molecule has 0 radical (unpaired) electrons.